The molecule has 0 saturated heterocycles. The monoisotopic (exact) mass is 275 g/mol. The van der Waals surface area contributed by atoms with Gasteiger partial charge in [0.1, 0.15) is 0 Å². The van der Waals surface area contributed by atoms with Crippen molar-refractivity contribution in [1.29, 1.82) is 0 Å². The average molecular weight is 276 g/mol. The molecule has 0 amide bonds. The van der Waals surface area contributed by atoms with E-state index < -0.39 is 0 Å². The first-order chi connectivity index (χ1) is 9.17. The second-order valence-electron chi connectivity index (χ2n) is 4.48. The maximum atomic E-state index is 9.44. The van der Waals surface area contributed by atoms with Crippen LogP contribution in [0.4, 0.5) is 11.4 Å². The third-order valence-corrected chi connectivity index (χ3v) is 3.61. The Kier molecular flexibility index (Phi) is 4.46. The molecule has 0 fully saturated rings. The van der Waals surface area contributed by atoms with E-state index in [-0.39, 0.29) is 6.61 Å². The van der Waals surface area contributed by atoms with Crippen molar-refractivity contribution in [3.05, 3.63) is 58.6 Å². The molecule has 0 atom stereocenters. The number of para-hydroxylation sites is 1. The minimum Gasteiger partial charge on any atom is -0.392 e. The third-order valence-electron chi connectivity index (χ3n) is 3.31. The number of nitrogens with zero attached hydrogens (tertiary/aromatic N) is 1. The standard InChI is InChI=1S/C16H18ClNO/c1-3-12-7-9-14(10-8-12)18(2)16-13(11-19)5-4-6-15(16)17/h4-10,19H,3,11H2,1-2H3. The van der Waals surface area contributed by atoms with Gasteiger partial charge in [-0.15, -0.1) is 0 Å². The van der Waals surface area contributed by atoms with Gasteiger partial charge in [0.05, 0.1) is 17.3 Å². The van der Waals surface area contributed by atoms with Crippen molar-refractivity contribution in [1.82, 2.24) is 0 Å². The van der Waals surface area contributed by atoms with E-state index >= 15 is 0 Å². The number of benzene rings is 2. The molecule has 0 radical (unpaired) electrons. The van der Waals surface area contributed by atoms with E-state index in [4.69, 9.17) is 11.6 Å². The van der Waals surface area contributed by atoms with Crippen LogP contribution < -0.4 is 4.90 Å². The van der Waals surface area contributed by atoms with Crippen molar-refractivity contribution < 1.29 is 5.11 Å². The van der Waals surface area contributed by atoms with E-state index in [1.807, 2.05) is 30.1 Å². The lowest BCUT2D eigenvalue weighted by atomic mass is 10.1. The van der Waals surface area contributed by atoms with Crippen LogP contribution in [0.5, 0.6) is 0 Å². The minimum absolute atomic E-state index is 0.0206. The number of halogens is 1. The fraction of sp³-hybridized carbons (Fsp3) is 0.250. The molecule has 2 aromatic rings. The van der Waals surface area contributed by atoms with Crippen molar-refractivity contribution >= 4 is 23.0 Å². The number of anilines is 2. The van der Waals surface area contributed by atoms with E-state index in [1.54, 1.807) is 0 Å². The largest absolute Gasteiger partial charge is 0.392 e. The number of aryl methyl sites for hydroxylation is 1. The van der Waals surface area contributed by atoms with E-state index in [1.165, 1.54) is 5.56 Å². The van der Waals surface area contributed by atoms with Gasteiger partial charge in [0, 0.05) is 18.3 Å². The van der Waals surface area contributed by atoms with E-state index in [0.717, 1.165) is 23.4 Å². The van der Waals surface area contributed by atoms with Crippen LogP contribution in [0.15, 0.2) is 42.5 Å². The van der Waals surface area contributed by atoms with Crippen LogP contribution in [-0.4, -0.2) is 12.2 Å². The Balaban J connectivity index is 2.40. The zero-order valence-corrected chi connectivity index (χ0v) is 12.0. The van der Waals surface area contributed by atoms with E-state index in [0.29, 0.717) is 5.02 Å². The summed E-state index contributed by atoms with van der Waals surface area (Å²) in [6.07, 6.45) is 1.03. The number of aliphatic hydroxyl groups excluding tert-OH is 1. The lowest BCUT2D eigenvalue weighted by Crippen LogP contribution is -2.12. The first-order valence-corrected chi connectivity index (χ1v) is 6.76. The highest BCUT2D eigenvalue weighted by atomic mass is 35.5. The molecule has 0 spiro atoms. The first-order valence-electron chi connectivity index (χ1n) is 6.38. The predicted molar refractivity (Wildman–Crippen MR) is 81.3 cm³/mol. The quantitative estimate of drug-likeness (QED) is 0.906. The summed E-state index contributed by atoms with van der Waals surface area (Å²) in [6, 6.07) is 14.0. The maximum absolute atomic E-state index is 9.44. The lowest BCUT2D eigenvalue weighted by molar-refractivity contribution is 0.282. The Morgan fingerprint density at radius 3 is 2.37 bits per heavy atom. The third kappa shape index (κ3) is 2.91. The molecule has 0 heterocycles. The maximum Gasteiger partial charge on any atom is 0.0702 e. The van der Waals surface area contributed by atoms with Crippen molar-refractivity contribution in [2.75, 3.05) is 11.9 Å². The molecule has 0 aliphatic carbocycles. The van der Waals surface area contributed by atoms with Crippen LogP contribution in [0.1, 0.15) is 18.1 Å². The summed E-state index contributed by atoms with van der Waals surface area (Å²) < 4.78 is 0. The van der Waals surface area contributed by atoms with Gasteiger partial charge in [0.25, 0.3) is 0 Å². The van der Waals surface area contributed by atoms with Gasteiger partial charge in [-0.2, -0.15) is 0 Å². The minimum atomic E-state index is -0.0206. The molecule has 2 aromatic carbocycles. The smallest absolute Gasteiger partial charge is 0.0702 e. The predicted octanol–water partition coefficient (Wildman–Crippen LogP) is 4.16. The summed E-state index contributed by atoms with van der Waals surface area (Å²) in [5, 5.41) is 10.1. The molecule has 0 aromatic heterocycles. The van der Waals surface area contributed by atoms with Crippen molar-refractivity contribution in [2.24, 2.45) is 0 Å². The molecule has 0 unspecified atom stereocenters. The lowest BCUT2D eigenvalue weighted by Gasteiger charge is -2.23. The Morgan fingerprint density at radius 2 is 1.79 bits per heavy atom. The summed E-state index contributed by atoms with van der Waals surface area (Å²) in [5.74, 6) is 0. The molecular weight excluding hydrogens is 258 g/mol. The van der Waals surface area contributed by atoms with Gasteiger partial charge in [-0.1, -0.05) is 42.8 Å². The van der Waals surface area contributed by atoms with Gasteiger partial charge in [-0.25, -0.2) is 0 Å². The highest BCUT2D eigenvalue weighted by Crippen LogP contribution is 2.34. The summed E-state index contributed by atoms with van der Waals surface area (Å²) >= 11 is 6.26. The van der Waals surface area contributed by atoms with Crippen LogP contribution >= 0.6 is 11.6 Å². The molecule has 19 heavy (non-hydrogen) atoms. The van der Waals surface area contributed by atoms with Crippen LogP contribution in [0.3, 0.4) is 0 Å². The Morgan fingerprint density at radius 1 is 1.11 bits per heavy atom. The summed E-state index contributed by atoms with van der Waals surface area (Å²) in [7, 11) is 1.96. The van der Waals surface area contributed by atoms with Gasteiger partial charge in [-0.3, -0.25) is 0 Å². The average Bonchev–Trinajstić information content (AvgIpc) is 2.46. The highest BCUT2D eigenvalue weighted by molar-refractivity contribution is 6.33. The summed E-state index contributed by atoms with van der Waals surface area (Å²) in [4.78, 5) is 2.01. The molecular formula is C16H18ClNO. The zero-order chi connectivity index (χ0) is 13.8. The van der Waals surface area contributed by atoms with Gasteiger partial charge < -0.3 is 10.0 Å². The normalized spacial score (nSPS) is 10.5. The SMILES string of the molecule is CCc1ccc(N(C)c2c(Cl)cccc2CO)cc1. The van der Waals surface area contributed by atoms with Gasteiger partial charge in [-0.05, 0) is 30.2 Å². The van der Waals surface area contributed by atoms with Gasteiger partial charge in [0.15, 0.2) is 0 Å². The van der Waals surface area contributed by atoms with Gasteiger partial charge >= 0.3 is 0 Å². The van der Waals surface area contributed by atoms with Crippen molar-refractivity contribution in [2.45, 2.75) is 20.0 Å². The molecule has 0 bridgehead atoms. The van der Waals surface area contributed by atoms with E-state index in [2.05, 4.69) is 31.2 Å². The summed E-state index contributed by atoms with van der Waals surface area (Å²) in [6.45, 7) is 2.12. The molecule has 0 aliphatic heterocycles. The van der Waals surface area contributed by atoms with Crippen LogP contribution in [0.25, 0.3) is 0 Å². The second-order valence-corrected chi connectivity index (χ2v) is 4.89. The Bertz CT molecular complexity index is 551. The molecule has 2 nitrogen and oxygen atoms in total. The first kappa shape index (κ1) is 13.9. The molecule has 100 valence electrons. The fourth-order valence-electron chi connectivity index (χ4n) is 2.15. The highest BCUT2D eigenvalue weighted by Gasteiger charge is 2.12. The van der Waals surface area contributed by atoms with Crippen LogP contribution in [0.2, 0.25) is 5.02 Å². The molecule has 2 rings (SSSR count). The van der Waals surface area contributed by atoms with Gasteiger partial charge in [0.2, 0.25) is 0 Å². The molecule has 1 N–H and O–H groups in total. The number of aliphatic hydroxyl groups is 1. The topological polar surface area (TPSA) is 23.5 Å². The molecule has 0 saturated carbocycles. The van der Waals surface area contributed by atoms with Crippen LogP contribution in [0, 0.1) is 0 Å². The van der Waals surface area contributed by atoms with Crippen LogP contribution in [-0.2, 0) is 13.0 Å². The molecule has 0 aliphatic rings. The Labute approximate surface area is 119 Å². The fourth-order valence-corrected chi connectivity index (χ4v) is 2.47. The second kappa shape index (κ2) is 6.09. The number of rotatable bonds is 4. The van der Waals surface area contributed by atoms with Crippen molar-refractivity contribution in [3.63, 3.8) is 0 Å². The zero-order valence-electron chi connectivity index (χ0n) is 11.2. The van der Waals surface area contributed by atoms with Crippen molar-refractivity contribution in [3.8, 4) is 0 Å². The number of hydrogen-bond acceptors (Lipinski definition) is 2. The summed E-state index contributed by atoms with van der Waals surface area (Å²) in [5.41, 5.74) is 4.05. The Hall–Kier alpha value is -1.51. The van der Waals surface area contributed by atoms with E-state index in [9.17, 15) is 5.11 Å². The number of hydrogen-bond donors (Lipinski definition) is 1. The molecule has 3 heteroatoms.